The van der Waals surface area contributed by atoms with Crippen molar-refractivity contribution >= 4 is 5.91 Å². The third-order valence-corrected chi connectivity index (χ3v) is 3.41. The second-order valence-electron chi connectivity index (χ2n) is 4.98. The Labute approximate surface area is 136 Å². The Morgan fingerprint density at radius 3 is 2.17 bits per heavy atom. The van der Waals surface area contributed by atoms with Crippen LogP contribution in [0.5, 0.6) is 17.2 Å². The molecule has 0 aliphatic carbocycles. The molecule has 1 amide bonds. The zero-order valence-electron chi connectivity index (χ0n) is 13.5. The van der Waals surface area contributed by atoms with Gasteiger partial charge in [-0.15, -0.1) is 0 Å². The number of amides is 1. The van der Waals surface area contributed by atoms with Crippen molar-refractivity contribution < 1.29 is 19.0 Å². The van der Waals surface area contributed by atoms with Gasteiger partial charge in [0.2, 0.25) is 5.75 Å². The molecule has 2 aromatic rings. The predicted molar refractivity (Wildman–Crippen MR) is 88.0 cm³/mol. The molecule has 0 radical (unpaired) electrons. The molecule has 23 heavy (non-hydrogen) atoms. The van der Waals surface area contributed by atoms with Crippen molar-refractivity contribution in [3.63, 3.8) is 0 Å². The van der Waals surface area contributed by atoms with Crippen LogP contribution < -0.4 is 19.5 Å². The van der Waals surface area contributed by atoms with Gasteiger partial charge < -0.3 is 19.5 Å². The lowest BCUT2D eigenvalue weighted by Crippen LogP contribution is -2.31. The van der Waals surface area contributed by atoms with Crippen molar-refractivity contribution in [1.82, 2.24) is 5.32 Å². The van der Waals surface area contributed by atoms with E-state index in [-0.39, 0.29) is 18.6 Å². The minimum Gasteiger partial charge on any atom is -0.493 e. The Morgan fingerprint density at radius 2 is 1.61 bits per heavy atom. The Hall–Kier alpha value is -2.69. The average Bonchev–Trinajstić information content (AvgIpc) is 2.60. The molecule has 2 aromatic carbocycles. The standard InChI is InChI=1S/C18H21NO4/c1-13(14-8-5-4-6-9-14)19-17(20)12-23-18-15(21-2)10-7-11-16(18)22-3/h4-11,13H,12H2,1-3H3,(H,19,20)/t13-/m0/s1. The molecule has 1 atom stereocenters. The number of ether oxygens (including phenoxy) is 3. The number of nitrogens with one attached hydrogen (secondary N) is 1. The number of rotatable bonds is 7. The van der Waals surface area contributed by atoms with Gasteiger partial charge in [-0.05, 0) is 24.6 Å². The van der Waals surface area contributed by atoms with Crippen molar-refractivity contribution in [3.8, 4) is 17.2 Å². The molecule has 0 spiro atoms. The first kappa shape index (κ1) is 16.7. The van der Waals surface area contributed by atoms with Crippen LogP contribution in [0, 0.1) is 0 Å². The van der Waals surface area contributed by atoms with Crippen LogP contribution in [0.3, 0.4) is 0 Å². The molecule has 5 nitrogen and oxygen atoms in total. The van der Waals surface area contributed by atoms with Crippen molar-refractivity contribution in [1.29, 1.82) is 0 Å². The molecule has 1 N–H and O–H groups in total. The highest BCUT2D eigenvalue weighted by Crippen LogP contribution is 2.36. The lowest BCUT2D eigenvalue weighted by atomic mass is 10.1. The number of para-hydroxylation sites is 1. The third-order valence-electron chi connectivity index (χ3n) is 3.41. The fourth-order valence-electron chi connectivity index (χ4n) is 2.21. The van der Waals surface area contributed by atoms with Crippen LogP contribution in [0.15, 0.2) is 48.5 Å². The summed E-state index contributed by atoms with van der Waals surface area (Å²) in [4.78, 5) is 12.1. The van der Waals surface area contributed by atoms with Gasteiger partial charge in [-0.25, -0.2) is 0 Å². The summed E-state index contributed by atoms with van der Waals surface area (Å²) in [6.07, 6.45) is 0. The van der Waals surface area contributed by atoms with E-state index in [4.69, 9.17) is 14.2 Å². The molecule has 5 heteroatoms. The smallest absolute Gasteiger partial charge is 0.258 e. The van der Waals surface area contributed by atoms with Crippen LogP contribution in [0.4, 0.5) is 0 Å². The summed E-state index contributed by atoms with van der Waals surface area (Å²) in [7, 11) is 3.08. The Bertz CT molecular complexity index is 620. The van der Waals surface area contributed by atoms with Gasteiger partial charge in [-0.1, -0.05) is 36.4 Å². The fourth-order valence-corrected chi connectivity index (χ4v) is 2.21. The lowest BCUT2D eigenvalue weighted by molar-refractivity contribution is -0.123. The predicted octanol–water partition coefficient (Wildman–Crippen LogP) is 2.96. The summed E-state index contributed by atoms with van der Waals surface area (Å²) in [6.45, 7) is 1.81. The average molecular weight is 315 g/mol. The van der Waals surface area contributed by atoms with Crippen molar-refractivity contribution in [3.05, 3.63) is 54.1 Å². The van der Waals surface area contributed by atoms with E-state index in [1.807, 2.05) is 37.3 Å². The molecule has 122 valence electrons. The van der Waals surface area contributed by atoms with Gasteiger partial charge in [0.1, 0.15) is 0 Å². The molecule has 0 saturated heterocycles. The zero-order chi connectivity index (χ0) is 16.7. The van der Waals surface area contributed by atoms with Gasteiger partial charge in [-0.2, -0.15) is 0 Å². The Morgan fingerprint density at radius 1 is 1.00 bits per heavy atom. The van der Waals surface area contributed by atoms with Crippen LogP contribution >= 0.6 is 0 Å². The monoisotopic (exact) mass is 315 g/mol. The van der Waals surface area contributed by atoms with Crippen LogP contribution in [0.25, 0.3) is 0 Å². The Kier molecular flexibility index (Phi) is 5.86. The zero-order valence-corrected chi connectivity index (χ0v) is 13.5. The topological polar surface area (TPSA) is 56.8 Å². The summed E-state index contributed by atoms with van der Waals surface area (Å²) in [6, 6.07) is 15.0. The fraction of sp³-hybridized carbons (Fsp3) is 0.278. The van der Waals surface area contributed by atoms with Gasteiger partial charge in [0.15, 0.2) is 18.1 Å². The van der Waals surface area contributed by atoms with Crippen LogP contribution in [0.2, 0.25) is 0 Å². The maximum absolute atomic E-state index is 12.1. The van der Waals surface area contributed by atoms with E-state index in [1.165, 1.54) is 0 Å². The van der Waals surface area contributed by atoms with E-state index in [2.05, 4.69) is 5.32 Å². The lowest BCUT2D eigenvalue weighted by Gasteiger charge is -2.16. The SMILES string of the molecule is COc1cccc(OC)c1OCC(=O)N[C@@H](C)c1ccccc1. The number of carbonyl (C=O) groups excluding carboxylic acids is 1. The summed E-state index contributed by atoms with van der Waals surface area (Å²) in [5.74, 6) is 1.25. The second kappa shape index (κ2) is 8.08. The normalized spacial score (nSPS) is 11.4. The number of benzene rings is 2. The first-order chi connectivity index (χ1) is 11.2. The molecule has 0 unspecified atom stereocenters. The molecule has 0 saturated carbocycles. The second-order valence-corrected chi connectivity index (χ2v) is 4.98. The maximum atomic E-state index is 12.1. The number of methoxy groups -OCH3 is 2. The maximum Gasteiger partial charge on any atom is 0.258 e. The van der Waals surface area contributed by atoms with Gasteiger partial charge in [0.25, 0.3) is 5.91 Å². The minimum absolute atomic E-state index is 0.0909. The molecular weight excluding hydrogens is 294 g/mol. The van der Waals surface area contributed by atoms with E-state index in [0.29, 0.717) is 17.2 Å². The van der Waals surface area contributed by atoms with Crippen molar-refractivity contribution in [2.24, 2.45) is 0 Å². The number of carbonyl (C=O) groups is 1. The molecule has 0 aliphatic heterocycles. The molecular formula is C18H21NO4. The molecule has 0 aliphatic rings. The van der Waals surface area contributed by atoms with Crippen molar-refractivity contribution in [2.45, 2.75) is 13.0 Å². The van der Waals surface area contributed by atoms with E-state index in [1.54, 1.807) is 32.4 Å². The first-order valence-corrected chi connectivity index (χ1v) is 7.33. The molecule has 0 bridgehead atoms. The van der Waals surface area contributed by atoms with Crippen molar-refractivity contribution in [2.75, 3.05) is 20.8 Å². The minimum atomic E-state index is -0.214. The highest BCUT2D eigenvalue weighted by molar-refractivity contribution is 5.78. The summed E-state index contributed by atoms with van der Waals surface area (Å²) in [5.41, 5.74) is 1.04. The van der Waals surface area contributed by atoms with Gasteiger partial charge in [-0.3, -0.25) is 4.79 Å². The quantitative estimate of drug-likeness (QED) is 0.853. The first-order valence-electron chi connectivity index (χ1n) is 7.33. The highest BCUT2D eigenvalue weighted by atomic mass is 16.5. The van der Waals surface area contributed by atoms with Crippen LogP contribution in [-0.2, 0) is 4.79 Å². The van der Waals surface area contributed by atoms with E-state index < -0.39 is 0 Å². The molecule has 0 fully saturated rings. The summed E-state index contributed by atoms with van der Waals surface area (Å²) in [5, 5.41) is 2.90. The largest absolute Gasteiger partial charge is 0.493 e. The van der Waals surface area contributed by atoms with Gasteiger partial charge >= 0.3 is 0 Å². The number of hydrogen-bond donors (Lipinski definition) is 1. The van der Waals surface area contributed by atoms with E-state index in [0.717, 1.165) is 5.56 Å². The molecule has 0 aromatic heterocycles. The summed E-state index contributed by atoms with van der Waals surface area (Å²) < 4.78 is 16.1. The number of hydrogen-bond acceptors (Lipinski definition) is 4. The van der Waals surface area contributed by atoms with Gasteiger partial charge in [0, 0.05) is 0 Å². The van der Waals surface area contributed by atoms with E-state index in [9.17, 15) is 4.79 Å². The van der Waals surface area contributed by atoms with Crippen LogP contribution in [0.1, 0.15) is 18.5 Å². The highest BCUT2D eigenvalue weighted by Gasteiger charge is 2.14. The summed E-state index contributed by atoms with van der Waals surface area (Å²) >= 11 is 0. The molecule has 0 heterocycles. The van der Waals surface area contributed by atoms with Gasteiger partial charge in [0.05, 0.1) is 20.3 Å². The third kappa shape index (κ3) is 4.39. The Balaban J connectivity index is 1.97. The van der Waals surface area contributed by atoms with E-state index >= 15 is 0 Å². The molecule has 2 rings (SSSR count). The van der Waals surface area contributed by atoms with Crippen LogP contribution in [-0.4, -0.2) is 26.7 Å².